The van der Waals surface area contributed by atoms with Crippen LogP contribution in [0, 0.1) is 0 Å². The monoisotopic (exact) mass is 312 g/mol. The van der Waals surface area contributed by atoms with Crippen molar-refractivity contribution in [2.24, 2.45) is 0 Å². The van der Waals surface area contributed by atoms with E-state index in [1.54, 1.807) is 11.3 Å². The summed E-state index contributed by atoms with van der Waals surface area (Å²) in [6, 6.07) is 7.71. The van der Waals surface area contributed by atoms with E-state index in [2.05, 4.69) is 25.9 Å². The molecule has 0 aliphatic rings. The van der Waals surface area contributed by atoms with E-state index in [-0.39, 0.29) is 0 Å². The molecule has 0 aliphatic heterocycles. The van der Waals surface area contributed by atoms with Gasteiger partial charge in [-0.3, -0.25) is 0 Å². The molecular weight excluding hydrogens is 308 g/mol. The third-order valence-electron chi connectivity index (χ3n) is 1.90. The summed E-state index contributed by atoms with van der Waals surface area (Å²) in [5.41, 5.74) is 1.68. The lowest BCUT2D eigenvalue weighted by molar-refractivity contribution is 0.489. The first-order chi connectivity index (χ1) is 7.81. The highest BCUT2D eigenvalue weighted by Gasteiger charge is 2.09. The second kappa shape index (κ2) is 4.20. The molecule has 6 heteroatoms. The molecule has 0 saturated heterocycles. The number of nitrogens with zero attached hydrogens (tertiary/aromatic N) is 2. The lowest BCUT2D eigenvalue weighted by atomic mass is 10.3. The zero-order chi connectivity index (χ0) is 11.0. The average molecular weight is 313 g/mol. The van der Waals surface area contributed by atoms with Crippen molar-refractivity contribution in [2.75, 3.05) is 0 Å². The van der Waals surface area contributed by atoms with Crippen LogP contribution in [0.15, 0.2) is 48.2 Å². The number of hydrogen-bond acceptors (Lipinski definition) is 5. The first-order valence-electron chi connectivity index (χ1n) is 4.46. The van der Waals surface area contributed by atoms with Gasteiger partial charge in [0.15, 0.2) is 9.92 Å². The minimum atomic E-state index is 0.628. The predicted molar refractivity (Wildman–Crippen MR) is 67.9 cm³/mol. The van der Waals surface area contributed by atoms with Crippen molar-refractivity contribution < 1.29 is 4.42 Å². The highest BCUT2D eigenvalue weighted by atomic mass is 79.9. The summed E-state index contributed by atoms with van der Waals surface area (Å²) in [4.78, 5) is 8.64. The Hall–Kier alpha value is -0.850. The first-order valence-corrected chi connectivity index (χ1v) is 6.94. The van der Waals surface area contributed by atoms with Crippen molar-refractivity contribution in [3.8, 4) is 0 Å². The van der Waals surface area contributed by atoms with Crippen LogP contribution in [-0.2, 0) is 0 Å². The number of hydrogen-bond donors (Lipinski definition) is 0. The largest absolute Gasteiger partial charge is 0.431 e. The highest BCUT2D eigenvalue weighted by Crippen LogP contribution is 2.32. The SMILES string of the molecule is Brc1csc(Sc2nc3ccccc3o2)n1. The fraction of sp³-hybridized carbons (Fsp3) is 0. The van der Waals surface area contributed by atoms with Gasteiger partial charge in [0.25, 0.3) is 5.22 Å². The minimum Gasteiger partial charge on any atom is -0.431 e. The second-order valence-corrected chi connectivity index (χ2v) is 5.85. The predicted octanol–water partition coefficient (Wildman–Crippen LogP) is 4.20. The number of para-hydroxylation sites is 2. The lowest BCUT2D eigenvalue weighted by Crippen LogP contribution is -1.70. The molecule has 3 nitrogen and oxygen atoms in total. The van der Waals surface area contributed by atoms with Gasteiger partial charge in [0.2, 0.25) is 0 Å². The van der Waals surface area contributed by atoms with Gasteiger partial charge in [0.05, 0.1) is 0 Å². The molecule has 0 radical (unpaired) electrons. The standard InChI is InChI=1S/C10H5BrN2OS2/c11-8-5-15-10(13-8)16-9-12-6-3-1-2-4-7(6)14-9/h1-5H. The zero-order valence-corrected chi connectivity index (χ0v) is 11.1. The fourth-order valence-electron chi connectivity index (χ4n) is 1.26. The van der Waals surface area contributed by atoms with E-state index in [4.69, 9.17) is 4.42 Å². The van der Waals surface area contributed by atoms with Gasteiger partial charge in [0.1, 0.15) is 10.1 Å². The third-order valence-corrected chi connectivity index (χ3v) is 4.40. The summed E-state index contributed by atoms with van der Waals surface area (Å²) in [7, 11) is 0. The van der Waals surface area contributed by atoms with Crippen LogP contribution < -0.4 is 0 Å². The highest BCUT2D eigenvalue weighted by molar-refractivity contribution is 9.10. The van der Waals surface area contributed by atoms with E-state index < -0.39 is 0 Å². The number of halogens is 1. The molecule has 0 bridgehead atoms. The van der Waals surface area contributed by atoms with Gasteiger partial charge in [-0.25, -0.2) is 9.97 Å². The third kappa shape index (κ3) is 2.00. The van der Waals surface area contributed by atoms with E-state index in [0.717, 1.165) is 20.0 Å². The number of rotatable bonds is 2. The van der Waals surface area contributed by atoms with Gasteiger partial charge in [-0.05, 0) is 28.1 Å². The molecule has 80 valence electrons. The van der Waals surface area contributed by atoms with Crippen molar-refractivity contribution in [2.45, 2.75) is 9.56 Å². The second-order valence-electron chi connectivity index (χ2n) is 2.99. The number of oxazole rings is 1. The maximum atomic E-state index is 5.58. The maximum absolute atomic E-state index is 5.58. The van der Waals surface area contributed by atoms with E-state index in [9.17, 15) is 0 Å². The summed E-state index contributed by atoms with van der Waals surface area (Å²) in [6.07, 6.45) is 0. The van der Waals surface area contributed by atoms with Gasteiger partial charge in [0, 0.05) is 17.1 Å². The molecule has 0 spiro atoms. The molecule has 0 fully saturated rings. The fourth-order valence-corrected chi connectivity index (χ4v) is 3.47. The van der Waals surface area contributed by atoms with Gasteiger partial charge in [-0.15, -0.1) is 11.3 Å². The van der Waals surface area contributed by atoms with Crippen molar-refractivity contribution in [3.05, 3.63) is 34.2 Å². The smallest absolute Gasteiger partial charge is 0.263 e. The Morgan fingerprint density at radius 1 is 1.25 bits per heavy atom. The molecule has 2 aromatic heterocycles. The van der Waals surface area contributed by atoms with Crippen LogP contribution in [0.1, 0.15) is 0 Å². The van der Waals surface area contributed by atoms with Crippen molar-refractivity contribution in [3.63, 3.8) is 0 Å². The molecular formula is C10H5BrN2OS2. The summed E-state index contributed by atoms with van der Waals surface area (Å²) >= 11 is 6.31. The van der Waals surface area contributed by atoms with E-state index in [0.29, 0.717) is 5.22 Å². The molecule has 0 aliphatic carbocycles. The Morgan fingerprint density at radius 3 is 2.88 bits per heavy atom. The average Bonchev–Trinajstić information content (AvgIpc) is 2.84. The Kier molecular flexibility index (Phi) is 2.70. The normalized spacial score (nSPS) is 11.1. The van der Waals surface area contributed by atoms with E-state index in [1.807, 2.05) is 29.6 Å². The molecule has 16 heavy (non-hydrogen) atoms. The van der Waals surface area contributed by atoms with E-state index >= 15 is 0 Å². The number of aromatic nitrogens is 2. The van der Waals surface area contributed by atoms with Gasteiger partial charge >= 0.3 is 0 Å². The minimum absolute atomic E-state index is 0.628. The number of benzene rings is 1. The molecule has 0 N–H and O–H groups in total. The van der Waals surface area contributed by atoms with Gasteiger partial charge in [-0.2, -0.15) is 0 Å². The van der Waals surface area contributed by atoms with Crippen LogP contribution in [0.4, 0.5) is 0 Å². The summed E-state index contributed by atoms with van der Waals surface area (Å²) in [5.74, 6) is 0. The summed E-state index contributed by atoms with van der Waals surface area (Å²) in [6.45, 7) is 0. The molecule has 0 atom stereocenters. The van der Waals surface area contributed by atoms with Crippen LogP contribution in [0.5, 0.6) is 0 Å². The van der Waals surface area contributed by atoms with Gasteiger partial charge in [-0.1, -0.05) is 12.1 Å². The number of thiazole rings is 1. The van der Waals surface area contributed by atoms with Crippen LogP contribution in [0.3, 0.4) is 0 Å². The molecule has 0 unspecified atom stereocenters. The molecule has 1 aromatic carbocycles. The lowest BCUT2D eigenvalue weighted by Gasteiger charge is -1.87. The van der Waals surface area contributed by atoms with Crippen molar-refractivity contribution in [1.29, 1.82) is 0 Å². The molecule has 0 saturated carbocycles. The van der Waals surface area contributed by atoms with Crippen LogP contribution in [0.25, 0.3) is 11.1 Å². The van der Waals surface area contributed by atoms with E-state index in [1.165, 1.54) is 11.8 Å². The Balaban J connectivity index is 1.95. The maximum Gasteiger partial charge on any atom is 0.263 e. The van der Waals surface area contributed by atoms with Crippen molar-refractivity contribution >= 4 is 50.1 Å². The van der Waals surface area contributed by atoms with Crippen LogP contribution in [0.2, 0.25) is 0 Å². The van der Waals surface area contributed by atoms with Crippen molar-refractivity contribution in [1.82, 2.24) is 9.97 Å². The molecule has 0 amide bonds. The topological polar surface area (TPSA) is 38.9 Å². The zero-order valence-electron chi connectivity index (χ0n) is 7.88. The molecule has 2 heterocycles. The first kappa shape index (κ1) is 10.3. The van der Waals surface area contributed by atoms with Crippen LogP contribution >= 0.6 is 39.0 Å². The Bertz CT molecular complexity index is 601. The van der Waals surface area contributed by atoms with Crippen LogP contribution in [-0.4, -0.2) is 9.97 Å². The molecule has 3 rings (SSSR count). The summed E-state index contributed by atoms with van der Waals surface area (Å²) < 4.78 is 7.34. The molecule has 3 aromatic rings. The Morgan fingerprint density at radius 2 is 2.12 bits per heavy atom. The van der Waals surface area contributed by atoms with Gasteiger partial charge < -0.3 is 4.42 Å². The quantitative estimate of drug-likeness (QED) is 0.711. The summed E-state index contributed by atoms with van der Waals surface area (Å²) in [5, 5.41) is 2.56. The Labute approximate surface area is 108 Å². The number of fused-ring (bicyclic) bond motifs is 1.